The molecule has 1 unspecified atom stereocenters. The molecule has 1 rings (SSSR count). The van der Waals surface area contributed by atoms with Crippen LogP contribution in [0.3, 0.4) is 0 Å². The summed E-state index contributed by atoms with van der Waals surface area (Å²) < 4.78 is 26.1. The summed E-state index contributed by atoms with van der Waals surface area (Å²) in [6.07, 6.45) is 0.792. The van der Waals surface area contributed by atoms with Gasteiger partial charge in [-0.3, -0.25) is 4.90 Å². The van der Waals surface area contributed by atoms with Crippen LogP contribution in [-0.2, 0) is 4.79 Å². The van der Waals surface area contributed by atoms with Gasteiger partial charge >= 0.3 is 0 Å². The number of halogens is 2. The molecule has 1 aliphatic heterocycles. The Balaban J connectivity index is 2.57. The van der Waals surface area contributed by atoms with E-state index in [1.807, 2.05) is 13.8 Å². The molecular weight excluding hydrogens is 188 g/mol. The highest BCUT2D eigenvalue weighted by Gasteiger charge is 2.44. The number of rotatable bonds is 4. The Morgan fingerprint density at radius 2 is 2.21 bits per heavy atom. The summed E-state index contributed by atoms with van der Waals surface area (Å²) in [4.78, 5) is 12.1. The molecule has 14 heavy (non-hydrogen) atoms. The summed E-state index contributed by atoms with van der Waals surface area (Å²) in [5, 5.41) is 0. The van der Waals surface area contributed by atoms with Crippen molar-refractivity contribution in [2.45, 2.75) is 38.7 Å². The maximum atomic E-state index is 13.1. The standard InChI is InChI=1S/C10H17F2NO/c1-8(2)6-13-7-10(11,12)5-9(13)3-4-14/h4,8-9H,3,5-7H2,1-2H3. The number of aldehydes is 1. The molecule has 0 spiro atoms. The molecule has 0 aromatic heterocycles. The van der Waals surface area contributed by atoms with Gasteiger partial charge in [-0.2, -0.15) is 0 Å². The highest BCUT2D eigenvalue weighted by Crippen LogP contribution is 2.33. The van der Waals surface area contributed by atoms with Gasteiger partial charge in [0.25, 0.3) is 5.92 Å². The number of carbonyl (C=O) groups excluding carboxylic acids is 1. The minimum absolute atomic E-state index is 0.168. The highest BCUT2D eigenvalue weighted by molar-refractivity contribution is 5.50. The first-order chi connectivity index (χ1) is 6.44. The van der Waals surface area contributed by atoms with Gasteiger partial charge in [0.05, 0.1) is 6.54 Å². The van der Waals surface area contributed by atoms with E-state index < -0.39 is 5.92 Å². The third-order valence-electron chi connectivity index (χ3n) is 2.45. The molecule has 0 saturated carbocycles. The van der Waals surface area contributed by atoms with E-state index in [0.717, 1.165) is 6.29 Å². The number of hydrogen-bond donors (Lipinski definition) is 0. The maximum absolute atomic E-state index is 13.1. The first-order valence-electron chi connectivity index (χ1n) is 5.00. The van der Waals surface area contributed by atoms with Gasteiger partial charge in [-0.15, -0.1) is 0 Å². The zero-order valence-electron chi connectivity index (χ0n) is 8.67. The fourth-order valence-electron chi connectivity index (χ4n) is 1.99. The van der Waals surface area contributed by atoms with Crippen molar-refractivity contribution >= 4 is 6.29 Å². The summed E-state index contributed by atoms with van der Waals surface area (Å²) in [5.41, 5.74) is 0. The van der Waals surface area contributed by atoms with Crippen molar-refractivity contribution in [3.63, 3.8) is 0 Å². The van der Waals surface area contributed by atoms with E-state index in [-0.39, 0.29) is 25.4 Å². The lowest BCUT2D eigenvalue weighted by Gasteiger charge is -2.23. The fourth-order valence-corrected chi connectivity index (χ4v) is 1.99. The molecule has 0 radical (unpaired) electrons. The first-order valence-corrected chi connectivity index (χ1v) is 5.00. The van der Waals surface area contributed by atoms with Gasteiger partial charge in [-0.1, -0.05) is 13.8 Å². The average Bonchev–Trinajstić information content (AvgIpc) is 2.25. The Labute approximate surface area is 83.3 Å². The van der Waals surface area contributed by atoms with Crippen LogP contribution in [0.25, 0.3) is 0 Å². The molecule has 1 fully saturated rings. The van der Waals surface area contributed by atoms with E-state index in [1.54, 1.807) is 4.90 Å². The van der Waals surface area contributed by atoms with Crippen LogP contribution in [-0.4, -0.2) is 36.2 Å². The molecule has 0 aromatic rings. The predicted molar refractivity (Wildman–Crippen MR) is 50.4 cm³/mol. The molecule has 0 aliphatic carbocycles. The second-order valence-electron chi connectivity index (χ2n) is 4.44. The molecule has 1 aliphatic rings. The Morgan fingerprint density at radius 3 is 2.71 bits per heavy atom. The third kappa shape index (κ3) is 3.01. The highest BCUT2D eigenvalue weighted by atomic mass is 19.3. The van der Waals surface area contributed by atoms with Gasteiger partial charge < -0.3 is 4.79 Å². The molecule has 82 valence electrons. The monoisotopic (exact) mass is 205 g/mol. The molecule has 1 saturated heterocycles. The zero-order valence-corrected chi connectivity index (χ0v) is 8.67. The second-order valence-corrected chi connectivity index (χ2v) is 4.44. The summed E-state index contributed by atoms with van der Waals surface area (Å²) in [7, 11) is 0. The van der Waals surface area contributed by atoms with Crippen LogP contribution in [0.4, 0.5) is 8.78 Å². The topological polar surface area (TPSA) is 20.3 Å². The number of carbonyl (C=O) groups is 1. The van der Waals surface area contributed by atoms with E-state index in [0.29, 0.717) is 12.5 Å². The Morgan fingerprint density at radius 1 is 1.57 bits per heavy atom. The third-order valence-corrected chi connectivity index (χ3v) is 2.45. The average molecular weight is 205 g/mol. The van der Waals surface area contributed by atoms with Gasteiger partial charge in [-0.25, -0.2) is 8.78 Å². The van der Waals surface area contributed by atoms with E-state index >= 15 is 0 Å². The van der Waals surface area contributed by atoms with Crippen molar-refractivity contribution in [3.05, 3.63) is 0 Å². The van der Waals surface area contributed by atoms with Crippen molar-refractivity contribution in [3.8, 4) is 0 Å². The molecule has 4 heteroatoms. The minimum Gasteiger partial charge on any atom is -0.303 e. The molecular formula is C10H17F2NO. The minimum atomic E-state index is -2.61. The molecule has 0 aromatic carbocycles. The predicted octanol–water partition coefficient (Wildman–Crippen LogP) is 1.94. The van der Waals surface area contributed by atoms with Crippen molar-refractivity contribution in [1.29, 1.82) is 0 Å². The lowest BCUT2D eigenvalue weighted by molar-refractivity contribution is -0.108. The normalized spacial score (nSPS) is 27.1. The Bertz CT molecular complexity index is 206. The quantitative estimate of drug-likeness (QED) is 0.654. The largest absolute Gasteiger partial charge is 0.303 e. The molecule has 0 bridgehead atoms. The molecule has 2 nitrogen and oxygen atoms in total. The van der Waals surface area contributed by atoms with Crippen LogP contribution in [0.2, 0.25) is 0 Å². The molecule has 1 atom stereocenters. The van der Waals surface area contributed by atoms with Crippen molar-refractivity contribution < 1.29 is 13.6 Å². The van der Waals surface area contributed by atoms with Crippen LogP contribution in [0.5, 0.6) is 0 Å². The maximum Gasteiger partial charge on any atom is 0.262 e. The Hall–Kier alpha value is -0.510. The lowest BCUT2D eigenvalue weighted by Crippen LogP contribution is -2.33. The molecule has 0 N–H and O–H groups in total. The zero-order chi connectivity index (χ0) is 10.8. The van der Waals surface area contributed by atoms with E-state index in [2.05, 4.69) is 0 Å². The lowest BCUT2D eigenvalue weighted by atomic mass is 10.1. The number of hydrogen-bond acceptors (Lipinski definition) is 2. The van der Waals surface area contributed by atoms with Crippen LogP contribution in [0.15, 0.2) is 0 Å². The number of nitrogens with zero attached hydrogens (tertiary/aromatic N) is 1. The van der Waals surface area contributed by atoms with Gasteiger partial charge in [0.15, 0.2) is 0 Å². The summed E-state index contributed by atoms with van der Waals surface area (Å²) >= 11 is 0. The molecule has 1 heterocycles. The SMILES string of the molecule is CC(C)CN1CC(F)(F)CC1CC=O. The summed E-state index contributed by atoms with van der Waals surface area (Å²) in [5.74, 6) is -2.25. The van der Waals surface area contributed by atoms with Crippen LogP contribution < -0.4 is 0 Å². The second kappa shape index (κ2) is 4.34. The van der Waals surface area contributed by atoms with E-state index in [9.17, 15) is 13.6 Å². The van der Waals surface area contributed by atoms with E-state index in [4.69, 9.17) is 0 Å². The van der Waals surface area contributed by atoms with Crippen molar-refractivity contribution in [2.75, 3.05) is 13.1 Å². The van der Waals surface area contributed by atoms with Gasteiger partial charge in [0.2, 0.25) is 0 Å². The molecule has 0 amide bonds. The van der Waals surface area contributed by atoms with Crippen LogP contribution >= 0.6 is 0 Å². The number of likely N-dealkylation sites (tertiary alicyclic amines) is 1. The summed E-state index contributed by atoms with van der Waals surface area (Å²) in [6, 6.07) is -0.259. The smallest absolute Gasteiger partial charge is 0.262 e. The van der Waals surface area contributed by atoms with Crippen LogP contribution in [0, 0.1) is 5.92 Å². The Kier molecular flexibility index (Phi) is 3.59. The van der Waals surface area contributed by atoms with Crippen LogP contribution in [0.1, 0.15) is 26.7 Å². The summed E-state index contributed by atoms with van der Waals surface area (Å²) in [6.45, 7) is 4.45. The van der Waals surface area contributed by atoms with Gasteiger partial charge in [-0.05, 0) is 5.92 Å². The first kappa shape index (κ1) is 11.6. The van der Waals surface area contributed by atoms with Crippen molar-refractivity contribution in [2.24, 2.45) is 5.92 Å². The van der Waals surface area contributed by atoms with Crippen molar-refractivity contribution in [1.82, 2.24) is 4.90 Å². The van der Waals surface area contributed by atoms with Gasteiger partial charge in [0.1, 0.15) is 6.29 Å². The van der Waals surface area contributed by atoms with Gasteiger partial charge in [0, 0.05) is 25.4 Å². The van der Waals surface area contributed by atoms with E-state index in [1.165, 1.54) is 0 Å². The fraction of sp³-hybridized carbons (Fsp3) is 0.900. The number of alkyl halides is 2.